The number of carbonyl (C=O) groups excluding carboxylic acids is 1. The number of amides is 1. The van der Waals surface area contributed by atoms with Gasteiger partial charge in [0.2, 0.25) is 0 Å². The SMILES string of the molecule is Cc1c(-c2ccc(/C=N/NC(=O)c3ccccc3OCc3ccc(Cl)cc3Cl)o2)cccc1[N+](=O)[O-]. The first-order valence-electron chi connectivity index (χ1n) is 10.7. The molecule has 0 aliphatic rings. The Labute approximate surface area is 216 Å². The molecular formula is C26H19Cl2N3O5. The summed E-state index contributed by atoms with van der Waals surface area (Å²) in [6.45, 7) is 1.81. The zero-order valence-electron chi connectivity index (χ0n) is 18.9. The monoisotopic (exact) mass is 523 g/mol. The van der Waals surface area contributed by atoms with Gasteiger partial charge in [-0.05, 0) is 43.3 Å². The Hall–Kier alpha value is -4.14. The Bertz CT molecular complexity index is 1470. The van der Waals surface area contributed by atoms with Crippen molar-refractivity contribution >= 4 is 41.0 Å². The van der Waals surface area contributed by atoms with Crippen LogP contribution in [0, 0.1) is 17.0 Å². The highest BCUT2D eigenvalue weighted by Crippen LogP contribution is 2.30. The number of hydrazone groups is 1. The second-order valence-corrected chi connectivity index (χ2v) is 8.47. The van der Waals surface area contributed by atoms with Gasteiger partial charge in [0.25, 0.3) is 11.6 Å². The van der Waals surface area contributed by atoms with Crippen molar-refractivity contribution in [2.75, 3.05) is 0 Å². The van der Waals surface area contributed by atoms with Crippen LogP contribution < -0.4 is 10.2 Å². The molecule has 1 amide bonds. The molecular weight excluding hydrogens is 505 g/mol. The molecule has 0 spiro atoms. The third-order valence-electron chi connectivity index (χ3n) is 5.28. The summed E-state index contributed by atoms with van der Waals surface area (Å²) in [5.74, 6) is 0.685. The van der Waals surface area contributed by atoms with Gasteiger partial charge in [0.15, 0.2) is 0 Å². The Morgan fingerprint density at radius 1 is 1.11 bits per heavy atom. The van der Waals surface area contributed by atoms with E-state index in [-0.39, 0.29) is 17.9 Å². The number of nitrogens with zero attached hydrogens (tertiary/aromatic N) is 2. The number of carbonyl (C=O) groups is 1. The first-order valence-corrected chi connectivity index (χ1v) is 11.4. The summed E-state index contributed by atoms with van der Waals surface area (Å²) in [6.07, 6.45) is 1.34. The number of halogens is 2. The number of furan rings is 1. The maximum atomic E-state index is 12.7. The molecule has 0 saturated heterocycles. The Kier molecular flexibility index (Phi) is 7.68. The van der Waals surface area contributed by atoms with Gasteiger partial charge in [0, 0.05) is 32.8 Å². The van der Waals surface area contributed by atoms with Crippen LogP contribution in [0.4, 0.5) is 5.69 Å². The molecule has 8 nitrogen and oxygen atoms in total. The number of hydrogen-bond acceptors (Lipinski definition) is 6. The van der Waals surface area contributed by atoms with Crippen LogP contribution >= 0.6 is 23.2 Å². The maximum absolute atomic E-state index is 12.7. The van der Waals surface area contributed by atoms with Crippen molar-refractivity contribution in [3.05, 3.63) is 115 Å². The smallest absolute Gasteiger partial charge is 0.275 e. The maximum Gasteiger partial charge on any atom is 0.275 e. The average molecular weight is 524 g/mol. The van der Waals surface area contributed by atoms with E-state index in [0.29, 0.717) is 38.4 Å². The van der Waals surface area contributed by atoms with E-state index in [0.717, 1.165) is 5.56 Å². The molecule has 0 atom stereocenters. The lowest BCUT2D eigenvalue weighted by molar-refractivity contribution is -0.385. The van der Waals surface area contributed by atoms with Gasteiger partial charge in [-0.2, -0.15) is 5.10 Å². The van der Waals surface area contributed by atoms with E-state index in [2.05, 4.69) is 10.5 Å². The van der Waals surface area contributed by atoms with E-state index < -0.39 is 10.8 Å². The van der Waals surface area contributed by atoms with Gasteiger partial charge < -0.3 is 9.15 Å². The highest BCUT2D eigenvalue weighted by molar-refractivity contribution is 6.35. The van der Waals surface area contributed by atoms with Gasteiger partial charge in [-0.1, -0.05) is 53.5 Å². The zero-order chi connectivity index (χ0) is 25.7. The van der Waals surface area contributed by atoms with Crippen LogP contribution in [0.15, 0.2) is 82.3 Å². The highest BCUT2D eigenvalue weighted by Gasteiger charge is 2.16. The summed E-state index contributed by atoms with van der Waals surface area (Å²) in [4.78, 5) is 23.5. The van der Waals surface area contributed by atoms with Crippen LogP contribution in [0.1, 0.15) is 27.2 Å². The first kappa shape index (κ1) is 25.0. The predicted molar refractivity (Wildman–Crippen MR) is 138 cm³/mol. The topological polar surface area (TPSA) is 107 Å². The molecule has 10 heteroatoms. The minimum atomic E-state index is -0.481. The molecule has 4 rings (SSSR count). The fourth-order valence-electron chi connectivity index (χ4n) is 3.44. The van der Waals surface area contributed by atoms with E-state index in [1.165, 1.54) is 12.3 Å². The summed E-state index contributed by atoms with van der Waals surface area (Å²) in [5.41, 5.74) is 4.55. The summed E-state index contributed by atoms with van der Waals surface area (Å²) < 4.78 is 11.5. The standard InChI is InChI=1S/C26H19Cl2N3O5/c1-16-20(6-4-7-23(16)31(33)34)25-12-11-19(36-25)14-29-30-26(32)21-5-2-3-8-24(21)35-15-17-9-10-18(27)13-22(17)28/h2-14H,15H2,1H3,(H,30,32)/b29-14+. The fraction of sp³-hybridized carbons (Fsp3) is 0.0769. The quantitative estimate of drug-likeness (QED) is 0.155. The van der Waals surface area contributed by atoms with Gasteiger partial charge in [-0.3, -0.25) is 14.9 Å². The summed E-state index contributed by atoms with van der Waals surface area (Å²) in [5, 5.41) is 16.1. The second kappa shape index (κ2) is 11.1. The number of hydrogen-bond donors (Lipinski definition) is 1. The molecule has 3 aromatic carbocycles. The van der Waals surface area contributed by atoms with Crippen molar-refractivity contribution in [2.24, 2.45) is 5.10 Å². The number of para-hydroxylation sites is 1. The summed E-state index contributed by atoms with van der Waals surface area (Å²) >= 11 is 12.1. The normalized spacial score (nSPS) is 11.0. The molecule has 0 fully saturated rings. The molecule has 36 heavy (non-hydrogen) atoms. The molecule has 0 aliphatic heterocycles. The molecule has 4 aromatic rings. The van der Waals surface area contributed by atoms with Crippen molar-refractivity contribution in [2.45, 2.75) is 13.5 Å². The third-order valence-corrected chi connectivity index (χ3v) is 5.87. The molecule has 1 aromatic heterocycles. The lowest BCUT2D eigenvalue weighted by Gasteiger charge is -2.11. The molecule has 182 valence electrons. The van der Waals surface area contributed by atoms with E-state index in [1.807, 2.05) is 0 Å². The number of nitro benzene ring substituents is 1. The molecule has 1 N–H and O–H groups in total. The molecule has 0 bridgehead atoms. The van der Waals surface area contributed by atoms with Crippen molar-refractivity contribution in [1.29, 1.82) is 0 Å². The lowest BCUT2D eigenvalue weighted by Crippen LogP contribution is -2.18. The molecule has 0 saturated carbocycles. The summed E-state index contributed by atoms with van der Waals surface area (Å²) in [6, 6.07) is 19.9. The molecule has 0 unspecified atom stereocenters. The predicted octanol–water partition coefficient (Wildman–Crippen LogP) is 6.81. The van der Waals surface area contributed by atoms with E-state index >= 15 is 0 Å². The van der Waals surface area contributed by atoms with Crippen molar-refractivity contribution in [3.8, 4) is 17.1 Å². The zero-order valence-corrected chi connectivity index (χ0v) is 20.4. The van der Waals surface area contributed by atoms with Crippen molar-refractivity contribution in [1.82, 2.24) is 5.43 Å². The second-order valence-electron chi connectivity index (χ2n) is 7.63. The lowest BCUT2D eigenvalue weighted by atomic mass is 10.1. The van der Waals surface area contributed by atoms with Crippen molar-refractivity contribution in [3.63, 3.8) is 0 Å². The van der Waals surface area contributed by atoms with E-state index in [4.69, 9.17) is 32.4 Å². The highest BCUT2D eigenvalue weighted by atomic mass is 35.5. The van der Waals surface area contributed by atoms with Crippen LogP contribution in [0.25, 0.3) is 11.3 Å². The Morgan fingerprint density at radius 2 is 1.92 bits per heavy atom. The van der Waals surface area contributed by atoms with Gasteiger partial charge in [-0.25, -0.2) is 5.43 Å². The summed E-state index contributed by atoms with van der Waals surface area (Å²) in [7, 11) is 0. The van der Waals surface area contributed by atoms with Gasteiger partial charge in [0.1, 0.15) is 23.9 Å². The Morgan fingerprint density at radius 3 is 2.69 bits per heavy atom. The van der Waals surface area contributed by atoms with E-state index in [1.54, 1.807) is 73.7 Å². The van der Waals surface area contributed by atoms with Crippen LogP contribution in [-0.4, -0.2) is 17.0 Å². The average Bonchev–Trinajstić information content (AvgIpc) is 3.32. The number of nitro groups is 1. The molecule has 1 heterocycles. The van der Waals surface area contributed by atoms with Gasteiger partial charge in [0.05, 0.1) is 16.7 Å². The number of ether oxygens (including phenoxy) is 1. The van der Waals surface area contributed by atoms with Crippen molar-refractivity contribution < 1.29 is 18.9 Å². The number of benzene rings is 3. The minimum Gasteiger partial charge on any atom is -0.488 e. The van der Waals surface area contributed by atoms with Crippen LogP contribution in [0.3, 0.4) is 0 Å². The minimum absolute atomic E-state index is 0.00518. The van der Waals surface area contributed by atoms with Crippen LogP contribution in [0.5, 0.6) is 5.75 Å². The number of rotatable bonds is 8. The van der Waals surface area contributed by atoms with Crippen LogP contribution in [0.2, 0.25) is 10.0 Å². The molecule has 0 aliphatic carbocycles. The van der Waals surface area contributed by atoms with Gasteiger partial charge in [-0.15, -0.1) is 0 Å². The first-order chi connectivity index (χ1) is 17.3. The Balaban J connectivity index is 1.43. The number of nitrogens with one attached hydrogen (secondary N) is 1. The van der Waals surface area contributed by atoms with Crippen LogP contribution in [-0.2, 0) is 6.61 Å². The molecule has 0 radical (unpaired) electrons. The van der Waals surface area contributed by atoms with E-state index in [9.17, 15) is 14.9 Å². The largest absolute Gasteiger partial charge is 0.488 e. The van der Waals surface area contributed by atoms with Gasteiger partial charge >= 0.3 is 0 Å². The fourth-order valence-corrected chi connectivity index (χ4v) is 3.91. The third kappa shape index (κ3) is 5.73.